The Bertz CT molecular complexity index is 833. The first-order valence-corrected chi connectivity index (χ1v) is 8.92. The first kappa shape index (κ1) is 17.5. The van der Waals surface area contributed by atoms with E-state index in [0.717, 1.165) is 17.0 Å². The molecular weight excluding hydrogens is 346 g/mol. The average molecular weight is 362 g/mol. The van der Waals surface area contributed by atoms with Crippen LogP contribution in [-0.4, -0.2) is 25.3 Å². The van der Waals surface area contributed by atoms with Gasteiger partial charge in [0, 0.05) is 12.0 Å². The predicted molar refractivity (Wildman–Crippen MR) is 93.4 cm³/mol. The minimum absolute atomic E-state index is 0.177. The molecule has 1 heterocycles. The van der Waals surface area contributed by atoms with Gasteiger partial charge in [-0.3, -0.25) is 4.79 Å². The van der Waals surface area contributed by atoms with Gasteiger partial charge >= 0.3 is 0 Å². The summed E-state index contributed by atoms with van der Waals surface area (Å²) in [4.78, 5) is 13.2. The van der Waals surface area contributed by atoms with E-state index in [9.17, 15) is 13.6 Å². The van der Waals surface area contributed by atoms with Crippen molar-refractivity contribution in [3.8, 4) is 11.5 Å². The lowest BCUT2D eigenvalue weighted by Gasteiger charge is -2.18. The minimum Gasteiger partial charge on any atom is -0.486 e. The van der Waals surface area contributed by atoms with Crippen LogP contribution < -0.4 is 9.47 Å². The maximum Gasteiger partial charge on any atom is 0.186 e. The van der Waals surface area contributed by atoms with Crippen LogP contribution >= 0.6 is 11.8 Å². The van der Waals surface area contributed by atoms with Crippen LogP contribution in [0.25, 0.3) is 0 Å². The molecule has 0 fully saturated rings. The molecule has 0 atom stereocenters. The van der Waals surface area contributed by atoms with Crippen molar-refractivity contribution in [2.24, 2.45) is 0 Å². The standard InChI is InChI=1S/C19H16F2O3S/c1-25-14(8-12-2-4-15(20)16(21)9-12)11-17(22)13-3-5-18-19(10-13)24-7-6-23-18/h2-5,9-11H,6-8H2,1H3/b14-11-. The quantitative estimate of drug-likeness (QED) is 0.583. The molecule has 130 valence electrons. The summed E-state index contributed by atoms with van der Waals surface area (Å²) in [7, 11) is 0. The lowest BCUT2D eigenvalue weighted by Crippen LogP contribution is -2.15. The first-order chi connectivity index (χ1) is 12.1. The Morgan fingerprint density at radius 2 is 1.84 bits per heavy atom. The fourth-order valence-electron chi connectivity index (χ4n) is 2.46. The molecule has 1 aliphatic heterocycles. The number of carbonyl (C=O) groups is 1. The van der Waals surface area contributed by atoms with E-state index in [1.54, 1.807) is 18.2 Å². The van der Waals surface area contributed by atoms with Crippen molar-refractivity contribution in [2.45, 2.75) is 6.42 Å². The zero-order valence-corrected chi connectivity index (χ0v) is 14.4. The minimum atomic E-state index is -0.892. The molecule has 3 nitrogen and oxygen atoms in total. The summed E-state index contributed by atoms with van der Waals surface area (Å²) < 4.78 is 37.3. The molecule has 2 aromatic carbocycles. The van der Waals surface area contributed by atoms with Gasteiger partial charge in [0.25, 0.3) is 0 Å². The van der Waals surface area contributed by atoms with Gasteiger partial charge in [-0.1, -0.05) is 6.07 Å². The molecule has 1 aliphatic rings. The van der Waals surface area contributed by atoms with E-state index in [1.165, 1.54) is 23.9 Å². The molecule has 0 saturated carbocycles. The zero-order valence-electron chi connectivity index (χ0n) is 13.6. The second-order valence-electron chi connectivity index (χ2n) is 5.46. The smallest absolute Gasteiger partial charge is 0.186 e. The molecule has 0 bridgehead atoms. The number of ether oxygens (including phenoxy) is 2. The van der Waals surface area contributed by atoms with Crippen molar-refractivity contribution in [3.05, 3.63) is 70.1 Å². The number of halogens is 2. The van der Waals surface area contributed by atoms with E-state index in [-0.39, 0.29) is 5.78 Å². The summed E-state index contributed by atoms with van der Waals surface area (Å²) >= 11 is 1.39. The Morgan fingerprint density at radius 1 is 1.08 bits per heavy atom. The summed E-state index contributed by atoms with van der Waals surface area (Å²) in [5.41, 5.74) is 1.09. The van der Waals surface area contributed by atoms with Gasteiger partial charge in [0.15, 0.2) is 28.9 Å². The van der Waals surface area contributed by atoms with Crippen LogP contribution in [-0.2, 0) is 6.42 Å². The Morgan fingerprint density at radius 3 is 2.56 bits per heavy atom. The molecule has 6 heteroatoms. The van der Waals surface area contributed by atoms with Gasteiger partial charge in [-0.2, -0.15) is 0 Å². The van der Waals surface area contributed by atoms with Crippen molar-refractivity contribution in [1.29, 1.82) is 0 Å². The Balaban J connectivity index is 1.79. The van der Waals surface area contributed by atoms with Gasteiger partial charge < -0.3 is 9.47 Å². The molecule has 25 heavy (non-hydrogen) atoms. The Hall–Kier alpha value is -2.34. The number of thioether (sulfide) groups is 1. The maximum absolute atomic E-state index is 13.3. The second kappa shape index (κ2) is 7.70. The molecule has 0 aliphatic carbocycles. The molecule has 0 amide bonds. The lowest BCUT2D eigenvalue weighted by molar-refractivity contribution is 0.104. The normalized spacial score (nSPS) is 13.6. The molecule has 0 aromatic heterocycles. The van der Waals surface area contributed by atoms with Gasteiger partial charge in [-0.25, -0.2) is 8.78 Å². The number of hydrogen-bond donors (Lipinski definition) is 0. The van der Waals surface area contributed by atoms with E-state index < -0.39 is 11.6 Å². The molecule has 0 N–H and O–H groups in total. The van der Waals surface area contributed by atoms with E-state index in [4.69, 9.17) is 9.47 Å². The highest BCUT2D eigenvalue weighted by molar-refractivity contribution is 8.02. The third kappa shape index (κ3) is 4.20. The van der Waals surface area contributed by atoms with Gasteiger partial charge in [0.1, 0.15) is 13.2 Å². The molecule has 0 spiro atoms. The van der Waals surface area contributed by atoms with Crippen LogP contribution in [0, 0.1) is 11.6 Å². The Kier molecular flexibility index (Phi) is 5.38. The summed E-state index contributed by atoms with van der Waals surface area (Å²) in [6, 6.07) is 8.80. The number of allylic oxidation sites excluding steroid dienone is 2. The van der Waals surface area contributed by atoms with Crippen molar-refractivity contribution in [2.75, 3.05) is 19.5 Å². The van der Waals surface area contributed by atoms with E-state index in [1.807, 2.05) is 6.26 Å². The predicted octanol–water partition coefficient (Wildman–Crippen LogP) is 4.41. The second-order valence-corrected chi connectivity index (χ2v) is 6.40. The Labute approximate surface area is 148 Å². The maximum atomic E-state index is 13.3. The summed E-state index contributed by atoms with van der Waals surface area (Å²) in [6.45, 7) is 0.942. The van der Waals surface area contributed by atoms with Crippen LogP contribution in [0.15, 0.2) is 47.4 Å². The van der Waals surface area contributed by atoms with Gasteiger partial charge in [0.05, 0.1) is 0 Å². The van der Waals surface area contributed by atoms with Crippen molar-refractivity contribution >= 4 is 17.5 Å². The topological polar surface area (TPSA) is 35.5 Å². The molecule has 0 radical (unpaired) electrons. The van der Waals surface area contributed by atoms with Crippen LogP contribution in [0.1, 0.15) is 15.9 Å². The van der Waals surface area contributed by atoms with Crippen molar-refractivity contribution < 1.29 is 23.0 Å². The number of fused-ring (bicyclic) bond motifs is 1. The number of benzene rings is 2. The number of ketones is 1. The van der Waals surface area contributed by atoms with Crippen molar-refractivity contribution in [1.82, 2.24) is 0 Å². The number of hydrogen-bond acceptors (Lipinski definition) is 4. The highest BCUT2D eigenvalue weighted by Gasteiger charge is 2.14. The van der Waals surface area contributed by atoms with E-state index in [0.29, 0.717) is 42.3 Å². The fourth-order valence-corrected chi connectivity index (χ4v) is 2.99. The van der Waals surface area contributed by atoms with Crippen LogP contribution in [0.2, 0.25) is 0 Å². The van der Waals surface area contributed by atoms with Crippen LogP contribution in [0.4, 0.5) is 8.78 Å². The van der Waals surface area contributed by atoms with Gasteiger partial charge in [-0.15, -0.1) is 11.8 Å². The molecule has 2 aromatic rings. The van der Waals surface area contributed by atoms with Crippen LogP contribution in [0.3, 0.4) is 0 Å². The number of rotatable bonds is 5. The average Bonchev–Trinajstić information content (AvgIpc) is 2.63. The zero-order chi connectivity index (χ0) is 17.8. The first-order valence-electron chi connectivity index (χ1n) is 7.69. The summed E-state index contributed by atoms with van der Waals surface area (Å²) in [6.07, 6.45) is 3.70. The third-order valence-electron chi connectivity index (χ3n) is 3.74. The summed E-state index contributed by atoms with van der Waals surface area (Å²) in [5.74, 6) is -0.777. The SMILES string of the molecule is CS/C(=C\C(=O)c1ccc2c(c1)OCCO2)Cc1ccc(F)c(F)c1. The third-order valence-corrected chi connectivity index (χ3v) is 4.53. The van der Waals surface area contributed by atoms with Crippen molar-refractivity contribution in [3.63, 3.8) is 0 Å². The van der Waals surface area contributed by atoms with Crippen LogP contribution in [0.5, 0.6) is 11.5 Å². The molecule has 0 unspecified atom stereocenters. The molecule has 3 rings (SSSR count). The molecule has 0 saturated heterocycles. The summed E-state index contributed by atoms with van der Waals surface area (Å²) in [5, 5.41) is 0. The highest BCUT2D eigenvalue weighted by Crippen LogP contribution is 2.31. The molecular formula is C19H16F2O3S. The highest BCUT2D eigenvalue weighted by atomic mass is 32.2. The lowest BCUT2D eigenvalue weighted by atomic mass is 10.1. The fraction of sp³-hybridized carbons (Fsp3) is 0.211. The van der Waals surface area contributed by atoms with Gasteiger partial charge in [-0.05, 0) is 53.1 Å². The van der Waals surface area contributed by atoms with E-state index in [2.05, 4.69) is 0 Å². The van der Waals surface area contributed by atoms with E-state index >= 15 is 0 Å². The number of carbonyl (C=O) groups excluding carboxylic acids is 1. The van der Waals surface area contributed by atoms with Gasteiger partial charge in [0.2, 0.25) is 0 Å². The largest absolute Gasteiger partial charge is 0.486 e. The monoisotopic (exact) mass is 362 g/mol.